The molecule has 1 aromatic heterocycles. The van der Waals surface area contributed by atoms with E-state index < -0.39 is 0 Å². The van der Waals surface area contributed by atoms with Crippen molar-refractivity contribution in [3.05, 3.63) is 83.7 Å². The first kappa shape index (κ1) is 13.4. The zero-order chi connectivity index (χ0) is 14.5. The maximum atomic E-state index is 5.81. The van der Waals surface area contributed by atoms with Crippen molar-refractivity contribution in [3.63, 3.8) is 0 Å². The number of benzene rings is 2. The zero-order valence-electron chi connectivity index (χ0n) is 12.1. The molecule has 0 N–H and O–H groups in total. The van der Waals surface area contributed by atoms with Crippen LogP contribution in [0.15, 0.2) is 67.0 Å². The highest BCUT2D eigenvalue weighted by molar-refractivity contribution is 5.25. The standard InChI is InChI=1S/C18H18N2O/c1-15-7-5-6-10-17(15)14-21-18-11-19-20(13-18)12-16-8-3-2-4-9-16/h2-11,13H,12,14H2,1H3. The lowest BCUT2D eigenvalue weighted by molar-refractivity contribution is 0.305. The summed E-state index contributed by atoms with van der Waals surface area (Å²) in [6, 6.07) is 18.5. The van der Waals surface area contributed by atoms with E-state index >= 15 is 0 Å². The quantitative estimate of drug-likeness (QED) is 0.709. The van der Waals surface area contributed by atoms with Crippen molar-refractivity contribution in [2.24, 2.45) is 0 Å². The minimum Gasteiger partial charge on any atom is -0.486 e. The minimum absolute atomic E-state index is 0.573. The van der Waals surface area contributed by atoms with E-state index in [0.29, 0.717) is 6.61 Å². The van der Waals surface area contributed by atoms with Gasteiger partial charge in [-0.3, -0.25) is 4.68 Å². The van der Waals surface area contributed by atoms with Crippen LogP contribution in [0.2, 0.25) is 0 Å². The van der Waals surface area contributed by atoms with Gasteiger partial charge in [0.25, 0.3) is 0 Å². The molecule has 0 aliphatic carbocycles. The monoisotopic (exact) mass is 278 g/mol. The van der Waals surface area contributed by atoms with Crippen molar-refractivity contribution in [1.82, 2.24) is 9.78 Å². The van der Waals surface area contributed by atoms with Gasteiger partial charge in [-0.05, 0) is 23.6 Å². The molecule has 106 valence electrons. The first-order valence-electron chi connectivity index (χ1n) is 7.05. The van der Waals surface area contributed by atoms with Crippen LogP contribution in [-0.4, -0.2) is 9.78 Å². The van der Waals surface area contributed by atoms with E-state index in [9.17, 15) is 0 Å². The smallest absolute Gasteiger partial charge is 0.157 e. The third-order valence-electron chi connectivity index (χ3n) is 3.45. The van der Waals surface area contributed by atoms with E-state index in [4.69, 9.17) is 4.74 Å². The number of aromatic nitrogens is 2. The largest absolute Gasteiger partial charge is 0.486 e. The van der Waals surface area contributed by atoms with Gasteiger partial charge in [0.05, 0.1) is 18.9 Å². The second kappa shape index (κ2) is 6.27. The average Bonchev–Trinajstić information content (AvgIpc) is 2.95. The molecule has 0 saturated heterocycles. The maximum Gasteiger partial charge on any atom is 0.157 e. The predicted molar refractivity (Wildman–Crippen MR) is 83.3 cm³/mol. The molecule has 0 aliphatic heterocycles. The summed E-state index contributed by atoms with van der Waals surface area (Å²) in [6.45, 7) is 3.43. The van der Waals surface area contributed by atoms with Crippen molar-refractivity contribution in [1.29, 1.82) is 0 Å². The summed E-state index contributed by atoms with van der Waals surface area (Å²) in [7, 11) is 0. The Labute approximate surface area is 124 Å². The van der Waals surface area contributed by atoms with Gasteiger partial charge >= 0.3 is 0 Å². The molecule has 3 rings (SSSR count). The van der Waals surface area contributed by atoms with Crippen LogP contribution in [0.3, 0.4) is 0 Å². The van der Waals surface area contributed by atoms with Gasteiger partial charge < -0.3 is 4.74 Å². The Morgan fingerprint density at radius 1 is 1.00 bits per heavy atom. The molecule has 0 atom stereocenters. The van der Waals surface area contributed by atoms with Crippen LogP contribution < -0.4 is 4.74 Å². The zero-order valence-corrected chi connectivity index (χ0v) is 12.1. The third kappa shape index (κ3) is 3.51. The molecule has 21 heavy (non-hydrogen) atoms. The number of nitrogens with zero attached hydrogens (tertiary/aromatic N) is 2. The van der Waals surface area contributed by atoms with Crippen molar-refractivity contribution in [2.75, 3.05) is 0 Å². The second-order valence-electron chi connectivity index (χ2n) is 5.07. The predicted octanol–water partition coefficient (Wildman–Crippen LogP) is 3.82. The second-order valence-corrected chi connectivity index (χ2v) is 5.07. The summed E-state index contributed by atoms with van der Waals surface area (Å²) in [5.41, 5.74) is 3.67. The molecular weight excluding hydrogens is 260 g/mol. The van der Waals surface area contributed by atoms with Crippen LogP contribution in [0.1, 0.15) is 16.7 Å². The summed E-state index contributed by atoms with van der Waals surface area (Å²) in [4.78, 5) is 0. The molecule has 0 radical (unpaired) electrons. The van der Waals surface area contributed by atoms with Crippen LogP contribution in [0.4, 0.5) is 0 Å². The van der Waals surface area contributed by atoms with E-state index in [2.05, 4.69) is 36.3 Å². The Kier molecular flexibility index (Phi) is 4.01. The molecule has 3 nitrogen and oxygen atoms in total. The molecule has 0 bridgehead atoms. The fraction of sp³-hybridized carbons (Fsp3) is 0.167. The van der Waals surface area contributed by atoms with Crippen LogP contribution in [0, 0.1) is 6.92 Å². The van der Waals surface area contributed by atoms with Gasteiger partial charge in [-0.25, -0.2) is 0 Å². The van der Waals surface area contributed by atoms with E-state index in [1.807, 2.05) is 41.2 Å². The molecule has 0 saturated carbocycles. The Balaban J connectivity index is 1.62. The Bertz CT molecular complexity index is 704. The van der Waals surface area contributed by atoms with Gasteiger partial charge in [-0.1, -0.05) is 54.6 Å². The van der Waals surface area contributed by atoms with E-state index in [-0.39, 0.29) is 0 Å². The molecule has 0 amide bonds. The highest BCUT2D eigenvalue weighted by Gasteiger charge is 2.02. The number of aryl methyl sites for hydroxylation is 1. The SMILES string of the molecule is Cc1ccccc1COc1cnn(Cc2ccccc2)c1. The van der Waals surface area contributed by atoms with Gasteiger partial charge in [-0.2, -0.15) is 5.10 Å². The number of hydrogen-bond acceptors (Lipinski definition) is 2. The fourth-order valence-corrected chi connectivity index (χ4v) is 2.21. The summed E-state index contributed by atoms with van der Waals surface area (Å²) in [6.07, 6.45) is 3.70. The van der Waals surface area contributed by atoms with Gasteiger partial charge in [0.2, 0.25) is 0 Å². The Hall–Kier alpha value is -2.55. The molecule has 3 aromatic rings. The number of ether oxygens (including phenoxy) is 1. The van der Waals surface area contributed by atoms with Gasteiger partial charge in [0.15, 0.2) is 5.75 Å². The summed E-state index contributed by atoms with van der Waals surface area (Å²) >= 11 is 0. The summed E-state index contributed by atoms with van der Waals surface area (Å²) in [5, 5.41) is 4.34. The van der Waals surface area contributed by atoms with Crippen LogP contribution in [-0.2, 0) is 13.2 Å². The molecule has 2 aromatic carbocycles. The number of hydrogen-bond donors (Lipinski definition) is 0. The fourth-order valence-electron chi connectivity index (χ4n) is 2.21. The van der Waals surface area contributed by atoms with Gasteiger partial charge in [0, 0.05) is 0 Å². The van der Waals surface area contributed by atoms with Crippen molar-refractivity contribution in [3.8, 4) is 5.75 Å². The first-order valence-corrected chi connectivity index (χ1v) is 7.05. The lowest BCUT2D eigenvalue weighted by Crippen LogP contribution is -1.99. The maximum absolute atomic E-state index is 5.81. The van der Waals surface area contributed by atoms with Crippen LogP contribution in [0.25, 0.3) is 0 Å². The van der Waals surface area contributed by atoms with Crippen molar-refractivity contribution < 1.29 is 4.74 Å². The van der Waals surface area contributed by atoms with Crippen molar-refractivity contribution in [2.45, 2.75) is 20.1 Å². The van der Waals surface area contributed by atoms with E-state index in [0.717, 1.165) is 12.3 Å². The summed E-state index contributed by atoms with van der Waals surface area (Å²) < 4.78 is 7.70. The normalized spacial score (nSPS) is 10.5. The molecule has 0 spiro atoms. The van der Waals surface area contributed by atoms with Gasteiger partial charge in [-0.15, -0.1) is 0 Å². The first-order chi connectivity index (χ1) is 10.3. The van der Waals surface area contributed by atoms with Crippen LogP contribution in [0.5, 0.6) is 5.75 Å². The van der Waals surface area contributed by atoms with Crippen molar-refractivity contribution >= 4 is 0 Å². The lowest BCUT2D eigenvalue weighted by atomic mass is 10.1. The summed E-state index contributed by atoms with van der Waals surface area (Å²) in [5.74, 6) is 0.800. The van der Waals surface area contributed by atoms with E-state index in [1.54, 1.807) is 6.20 Å². The average molecular weight is 278 g/mol. The molecule has 0 unspecified atom stereocenters. The van der Waals surface area contributed by atoms with Gasteiger partial charge in [0.1, 0.15) is 6.61 Å². The minimum atomic E-state index is 0.573. The molecule has 1 heterocycles. The van der Waals surface area contributed by atoms with E-state index in [1.165, 1.54) is 16.7 Å². The molecule has 3 heteroatoms. The molecule has 0 fully saturated rings. The highest BCUT2D eigenvalue weighted by atomic mass is 16.5. The molecular formula is C18H18N2O. The highest BCUT2D eigenvalue weighted by Crippen LogP contribution is 2.14. The molecule has 0 aliphatic rings. The Morgan fingerprint density at radius 2 is 1.76 bits per heavy atom. The number of rotatable bonds is 5. The lowest BCUT2D eigenvalue weighted by Gasteiger charge is -2.06. The third-order valence-corrected chi connectivity index (χ3v) is 3.45. The van der Waals surface area contributed by atoms with Crippen LogP contribution >= 0.6 is 0 Å². The topological polar surface area (TPSA) is 27.1 Å². The Morgan fingerprint density at radius 3 is 2.57 bits per heavy atom.